The van der Waals surface area contributed by atoms with Crippen LogP contribution >= 0.6 is 0 Å². The lowest BCUT2D eigenvalue weighted by molar-refractivity contribution is 0.320. The molecule has 2 rings (SSSR count). The van der Waals surface area contributed by atoms with Crippen molar-refractivity contribution in [1.82, 2.24) is 10.1 Å². The standard InChI is InChI=1S/C11H19N3O3S/c1-7(2)9(5-12)11-13-10(14-17-11)8-3-4-18(15,16)6-8/h7-9H,3-6,12H2,1-2H3. The SMILES string of the molecule is CC(C)C(CN)c1nc(C2CCS(=O)(=O)C2)no1. The van der Waals surface area contributed by atoms with Gasteiger partial charge in [-0.05, 0) is 12.3 Å². The van der Waals surface area contributed by atoms with Crippen LogP contribution in [0.5, 0.6) is 0 Å². The van der Waals surface area contributed by atoms with E-state index in [0.29, 0.717) is 30.6 Å². The highest BCUT2D eigenvalue weighted by atomic mass is 32.2. The van der Waals surface area contributed by atoms with Gasteiger partial charge in [0, 0.05) is 12.5 Å². The number of hydrogen-bond acceptors (Lipinski definition) is 6. The van der Waals surface area contributed by atoms with E-state index in [9.17, 15) is 8.42 Å². The average molecular weight is 273 g/mol. The predicted octanol–water partition coefficient (Wildman–Crippen LogP) is 0.670. The molecule has 1 aromatic heterocycles. The molecule has 0 bridgehead atoms. The molecule has 1 fully saturated rings. The Balaban J connectivity index is 2.16. The highest BCUT2D eigenvalue weighted by molar-refractivity contribution is 7.91. The molecule has 18 heavy (non-hydrogen) atoms. The first-order valence-corrected chi connectivity index (χ1v) is 7.99. The summed E-state index contributed by atoms with van der Waals surface area (Å²) in [5, 5.41) is 3.91. The van der Waals surface area contributed by atoms with Crippen molar-refractivity contribution in [1.29, 1.82) is 0 Å². The van der Waals surface area contributed by atoms with E-state index in [-0.39, 0.29) is 23.3 Å². The van der Waals surface area contributed by atoms with Gasteiger partial charge in [0.1, 0.15) is 0 Å². The van der Waals surface area contributed by atoms with Crippen molar-refractivity contribution in [2.45, 2.75) is 32.1 Å². The van der Waals surface area contributed by atoms with Crippen molar-refractivity contribution in [3.05, 3.63) is 11.7 Å². The van der Waals surface area contributed by atoms with Crippen molar-refractivity contribution in [2.75, 3.05) is 18.1 Å². The van der Waals surface area contributed by atoms with Crippen molar-refractivity contribution in [3.8, 4) is 0 Å². The minimum atomic E-state index is -2.92. The molecule has 0 radical (unpaired) electrons. The molecule has 2 unspecified atom stereocenters. The fourth-order valence-electron chi connectivity index (χ4n) is 2.22. The Bertz CT molecular complexity index is 509. The zero-order valence-electron chi connectivity index (χ0n) is 10.7. The number of nitrogens with zero attached hydrogens (tertiary/aromatic N) is 2. The Morgan fingerprint density at radius 1 is 1.50 bits per heavy atom. The first-order chi connectivity index (χ1) is 8.43. The van der Waals surface area contributed by atoms with Crippen molar-refractivity contribution >= 4 is 9.84 Å². The van der Waals surface area contributed by atoms with Crippen LogP contribution in [0.4, 0.5) is 0 Å². The highest BCUT2D eigenvalue weighted by Crippen LogP contribution is 2.29. The number of aromatic nitrogens is 2. The van der Waals surface area contributed by atoms with E-state index in [1.165, 1.54) is 0 Å². The van der Waals surface area contributed by atoms with Gasteiger partial charge in [-0.3, -0.25) is 0 Å². The number of sulfone groups is 1. The molecular formula is C11H19N3O3S. The monoisotopic (exact) mass is 273 g/mol. The van der Waals surface area contributed by atoms with E-state index in [0.717, 1.165) is 0 Å². The lowest BCUT2D eigenvalue weighted by Gasteiger charge is -2.13. The molecule has 102 valence electrons. The summed E-state index contributed by atoms with van der Waals surface area (Å²) in [6.07, 6.45) is 0.580. The van der Waals surface area contributed by atoms with Gasteiger partial charge in [0.25, 0.3) is 0 Å². The summed E-state index contributed by atoms with van der Waals surface area (Å²) < 4.78 is 28.1. The van der Waals surface area contributed by atoms with Crippen LogP contribution in [0.15, 0.2) is 4.52 Å². The largest absolute Gasteiger partial charge is 0.339 e. The summed E-state index contributed by atoms with van der Waals surface area (Å²) in [7, 11) is -2.92. The maximum absolute atomic E-state index is 11.4. The van der Waals surface area contributed by atoms with Gasteiger partial charge in [-0.1, -0.05) is 19.0 Å². The summed E-state index contributed by atoms with van der Waals surface area (Å²) in [6, 6.07) is 0. The maximum atomic E-state index is 11.4. The van der Waals surface area contributed by atoms with Crippen molar-refractivity contribution in [3.63, 3.8) is 0 Å². The van der Waals surface area contributed by atoms with Crippen LogP contribution in [0.2, 0.25) is 0 Å². The normalized spacial score (nSPS) is 24.6. The van der Waals surface area contributed by atoms with Crippen LogP contribution < -0.4 is 5.73 Å². The van der Waals surface area contributed by atoms with Gasteiger partial charge in [-0.15, -0.1) is 0 Å². The lowest BCUT2D eigenvalue weighted by Crippen LogP contribution is -2.18. The second kappa shape index (κ2) is 4.97. The number of nitrogens with two attached hydrogens (primary N) is 1. The fourth-order valence-corrected chi connectivity index (χ4v) is 3.96. The van der Waals surface area contributed by atoms with E-state index < -0.39 is 9.84 Å². The molecule has 2 heterocycles. The molecule has 1 aliphatic rings. The maximum Gasteiger partial charge on any atom is 0.231 e. The van der Waals surface area contributed by atoms with Gasteiger partial charge >= 0.3 is 0 Å². The quantitative estimate of drug-likeness (QED) is 0.865. The van der Waals surface area contributed by atoms with Gasteiger partial charge in [0.2, 0.25) is 5.89 Å². The second-order valence-corrected chi connectivity index (χ2v) is 7.41. The van der Waals surface area contributed by atoms with Crippen LogP contribution in [0, 0.1) is 5.92 Å². The molecule has 0 amide bonds. The molecular weight excluding hydrogens is 254 g/mol. The van der Waals surface area contributed by atoms with Crippen LogP contribution in [0.1, 0.15) is 43.8 Å². The third-order valence-electron chi connectivity index (χ3n) is 3.43. The van der Waals surface area contributed by atoms with Gasteiger partial charge < -0.3 is 10.3 Å². The molecule has 6 nitrogen and oxygen atoms in total. The molecule has 1 saturated heterocycles. The second-order valence-electron chi connectivity index (χ2n) is 5.18. The van der Waals surface area contributed by atoms with Crippen LogP contribution in [-0.4, -0.2) is 36.6 Å². The van der Waals surface area contributed by atoms with E-state index >= 15 is 0 Å². The summed E-state index contributed by atoms with van der Waals surface area (Å²) >= 11 is 0. The Hall–Kier alpha value is -0.950. The number of rotatable bonds is 4. The zero-order valence-corrected chi connectivity index (χ0v) is 11.5. The van der Waals surface area contributed by atoms with Crippen molar-refractivity contribution in [2.24, 2.45) is 11.7 Å². The van der Waals surface area contributed by atoms with Crippen LogP contribution in [0.25, 0.3) is 0 Å². The molecule has 1 aromatic rings. The summed E-state index contributed by atoms with van der Waals surface area (Å²) in [6.45, 7) is 4.53. The highest BCUT2D eigenvalue weighted by Gasteiger charge is 2.33. The zero-order chi connectivity index (χ0) is 13.3. The predicted molar refractivity (Wildman–Crippen MR) is 66.9 cm³/mol. The molecule has 2 N–H and O–H groups in total. The molecule has 0 aliphatic carbocycles. The Labute approximate surface area is 107 Å². The Morgan fingerprint density at radius 2 is 2.22 bits per heavy atom. The van der Waals surface area contributed by atoms with Crippen LogP contribution in [-0.2, 0) is 9.84 Å². The molecule has 0 saturated carbocycles. The topological polar surface area (TPSA) is 99.1 Å². The number of hydrogen-bond donors (Lipinski definition) is 1. The Morgan fingerprint density at radius 3 is 2.72 bits per heavy atom. The average Bonchev–Trinajstić information content (AvgIpc) is 2.85. The van der Waals surface area contributed by atoms with Crippen molar-refractivity contribution < 1.29 is 12.9 Å². The molecule has 7 heteroatoms. The first kappa shape index (κ1) is 13.5. The smallest absolute Gasteiger partial charge is 0.231 e. The van der Waals surface area contributed by atoms with Crippen LogP contribution in [0.3, 0.4) is 0 Å². The summed E-state index contributed by atoms with van der Waals surface area (Å²) in [5.74, 6) is 1.59. The Kier molecular flexibility index (Phi) is 3.72. The molecule has 0 aromatic carbocycles. The van der Waals surface area contributed by atoms with Gasteiger partial charge in [0.15, 0.2) is 15.7 Å². The minimum absolute atomic E-state index is 0.0317. The van der Waals surface area contributed by atoms with Gasteiger partial charge in [-0.25, -0.2) is 8.42 Å². The fraction of sp³-hybridized carbons (Fsp3) is 0.818. The van der Waals surface area contributed by atoms with Gasteiger partial charge in [-0.2, -0.15) is 4.98 Å². The van der Waals surface area contributed by atoms with E-state index in [4.69, 9.17) is 10.3 Å². The van der Waals surface area contributed by atoms with E-state index in [2.05, 4.69) is 10.1 Å². The molecule has 2 atom stereocenters. The summed E-state index contributed by atoms with van der Waals surface area (Å²) in [4.78, 5) is 4.33. The summed E-state index contributed by atoms with van der Waals surface area (Å²) in [5.41, 5.74) is 5.69. The third kappa shape index (κ3) is 2.72. The van der Waals surface area contributed by atoms with E-state index in [1.807, 2.05) is 13.8 Å². The first-order valence-electron chi connectivity index (χ1n) is 6.17. The minimum Gasteiger partial charge on any atom is -0.339 e. The van der Waals surface area contributed by atoms with Gasteiger partial charge in [0.05, 0.1) is 17.4 Å². The third-order valence-corrected chi connectivity index (χ3v) is 5.20. The van der Waals surface area contributed by atoms with E-state index in [1.54, 1.807) is 0 Å². The lowest BCUT2D eigenvalue weighted by atomic mass is 9.96. The molecule has 0 spiro atoms. The molecule has 1 aliphatic heterocycles.